The Labute approximate surface area is 236 Å². The van der Waals surface area contributed by atoms with Crippen molar-refractivity contribution < 1.29 is 26.4 Å². The predicted octanol–water partition coefficient (Wildman–Crippen LogP) is 4.63. The molecule has 0 spiro atoms. The molecule has 1 saturated heterocycles. The zero-order valence-electron chi connectivity index (χ0n) is 23.2. The lowest BCUT2D eigenvalue weighted by Gasteiger charge is -2.27. The molecule has 0 bridgehead atoms. The van der Waals surface area contributed by atoms with Gasteiger partial charge in [-0.25, -0.2) is 16.8 Å². The lowest BCUT2D eigenvalue weighted by Crippen LogP contribution is -2.38. The number of piperidine rings is 1. The third-order valence-electron chi connectivity index (χ3n) is 6.90. The number of nitrogens with zero attached hydrogens (tertiary/aromatic N) is 2. The van der Waals surface area contributed by atoms with E-state index < -0.39 is 32.5 Å². The molecular weight excluding hydrogens is 550 g/mol. The maximum absolute atomic E-state index is 13.8. The zero-order valence-corrected chi connectivity index (χ0v) is 24.8. The molecule has 11 heteroatoms. The fourth-order valence-corrected chi connectivity index (χ4v) is 7.94. The van der Waals surface area contributed by atoms with E-state index in [9.17, 15) is 21.6 Å². The number of aryl methyl sites for hydroxylation is 3. The second-order valence-corrected chi connectivity index (χ2v) is 13.8. The van der Waals surface area contributed by atoms with Gasteiger partial charge in [0.15, 0.2) is 0 Å². The first kappa shape index (κ1) is 29.6. The molecule has 0 saturated carbocycles. The molecule has 1 fully saturated rings. The van der Waals surface area contributed by atoms with Gasteiger partial charge in [-0.1, -0.05) is 41.8 Å². The van der Waals surface area contributed by atoms with Gasteiger partial charge in [0, 0.05) is 18.8 Å². The topological polar surface area (TPSA) is 113 Å². The standard InChI is InChI=1S/C29H35N3O6S2/c1-21-8-12-25(13-9-21)39(34,35)32(26-14-10-22(2)18-23(26)3)20-29(33)30-24-11-15-27(38-4)28(19-24)40(36,37)31-16-6-5-7-17-31/h8-15,18-19H,5-7,16-17,20H2,1-4H3,(H,30,33). The summed E-state index contributed by atoms with van der Waals surface area (Å²) in [5.41, 5.74) is 3.16. The van der Waals surface area contributed by atoms with Gasteiger partial charge in [-0.2, -0.15) is 4.31 Å². The summed E-state index contributed by atoms with van der Waals surface area (Å²) < 4.78 is 62.1. The summed E-state index contributed by atoms with van der Waals surface area (Å²) in [6.07, 6.45) is 2.53. The van der Waals surface area contributed by atoms with Crippen LogP contribution in [0.3, 0.4) is 0 Å². The van der Waals surface area contributed by atoms with Crippen molar-refractivity contribution in [1.82, 2.24) is 4.31 Å². The van der Waals surface area contributed by atoms with E-state index in [1.807, 2.05) is 19.9 Å². The van der Waals surface area contributed by atoms with E-state index in [1.165, 1.54) is 41.7 Å². The highest BCUT2D eigenvalue weighted by Crippen LogP contribution is 2.32. The van der Waals surface area contributed by atoms with Crippen molar-refractivity contribution in [1.29, 1.82) is 0 Å². The molecule has 0 radical (unpaired) electrons. The van der Waals surface area contributed by atoms with Gasteiger partial charge in [-0.15, -0.1) is 0 Å². The van der Waals surface area contributed by atoms with Crippen molar-refractivity contribution >= 4 is 37.3 Å². The zero-order chi connectivity index (χ0) is 29.1. The van der Waals surface area contributed by atoms with E-state index in [4.69, 9.17) is 4.74 Å². The molecule has 1 aliphatic heterocycles. The third-order valence-corrected chi connectivity index (χ3v) is 10.6. The maximum atomic E-state index is 13.8. The highest BCUT2D eigenvalue weighted by Gasteiger charge is 2.31. The van der Waals surface area contributed by atoms with E-state index in [0.29, 0.717) is 24.3 Å². The molecule has 0 aliphatic carbocycles. The Morgan fingerprint density at radius 2 is 1.52 bits per heavy atom. The van der Waals surface area contributed by atoms with Crippen molar-refractivity contribution in [2.75, 3.05) is 36.4 Å². The van der Waals surface area contributed by atoms with E-state index in [1.54, 1.807) is 31.2 Å². The van der Waals surface area contributed by atoms with Gasteiger partial charge in [-0.05, 0) is 75.6 Å². The first-order valence-corrected chi connectivity index (χ1v) is 16.0. The van der Waals surface area contributed by atoms with Gasteiger partial charge in [-0.3, -0.25) is 9.10 Å². The van der Waals surface area contributed by atoms with Crippen LogP contribution in [-0.4, -0.2) is 53.8 Å². The molecule has 1 amide bonds. The van der Waals surface area contributed by atoms with Crippen LogP contribution in [0.2, 0.25) is 0 Å². The van der Waals surface area contributed by atoms with Gasteiger partial charge >= 0.3 is 0 Å². The van der Waals surface area contributed by atoms with Crippen LogP contribution in [-0.2, 0) is 24.8 Å². The molecule has 214 valence electrons. The van der Waals surface area contributed by atoms with Gasteiger partial charge in [0.25, 0.3) is 10.0 Å². The van der Waals surface area contributed by atoms with Crippen LogP contribution in [0, 0.1) is 20.8 Å². The van der Waals surface area contributed by atoms with Crippen LogP contribution >= 0.6 is 0 Å². The molecule has 9 nitrogen and oxygen atoms in total. The molecular formula is C29H35N3O6S2. The SMILES string of the molecule is COc1ccc(NC(=O)CN(c2ccc(C)cc2C)S(=O)(=O)c2ccc(C)cc2)cc1S(=O)(=O)N1CCCCC1. The Hall–Kier alpha value is -3.41. The molecule has 1 aliphatic rings. The number of ether oxygens (including phenoxy) is 1. The highest BCUT2D eigenvalue weighted by molar-refractivity contribution is 7.92. The number of carbonyl (C=O) groups excluding carboxylic acids is 1. The molecule has 3 aromatic carbocycles. The van der Waals surface area contributed by atoms with Crippen LogP contribution in [0.1, 0.15) is 36.0 Å². The first-order valence-electron chi connectivity index (χ1n) is 13.1. The number of benzene rings is 3. The molecule has 0 unspecified atom stereocenters. The van der Waals surface area contributed by atoms with Crippen LogP contribution in [0.25, 0.3) is 0 Å². The normalized spacial score (nSPS) is 14.5. The third kappa shape index (κ3) is 6.32. The van der Waals surface area contributed by atoms with Crippen LogP contribution < -0.4 is 14.4 Å². The second-order valence-electron chi connectivity index (χ2n) is 9.99. The molecule has 1 N–H and O–H groups in total. The predicted molar refractivity (Wildman–Crippen MR) is 156 cm³/mol. The quantitative estimate of drug-likeness (QED) is 0.392. The Morgan fingerprint density at radius 3 is 2.15 bits per heavy atom. The van der Waals surface area contributed by atoms with Crippen molar-refractivity contribution in [3.8, 4) is 5.75 Å². The minimum Gasteiger partial charge on any atom is -0.495 e. The van der Waals surface area contributed by atoms with Crippen molar-refractivity contribution in [2.24, 2.45) is 0 Å². The summed E-state index contributed by atoms with van der Waals surface area (Å²) in [4.78, 5) is 13.3. The van der Waals surface area contributed by atoms with Crippen molar-refractivity contribution in [2.45, 2.75) is 49.8 Å². The summed E-state index contributed by atoms with van der Waals surface area (Å²) >= 11 is 0. The number of carbonyl (C=O) groups is 1. The monoisotopic (exact) mass is 585 g/mol. The van der Waals surface area contributed by atoms with Crippen LogP contribution in [0.5, 0.6) is 5.75 Å². The smallest absolute Gasteiger partial charge is 0.264 e. The average molecular weight is 586 g/mol. The van der Waals surface area contributed by atoms with Crippen LogP contribution in [0.15, 0.2) is 70.5 Å². The molecule has 1 heterocycles. The van der Waals surface area contributed by atoms with E-state index in [-0.39, 0.29) is 21.2 Å². The number of nitrogens with one attached hydrogen (secondary N) is 1. The number of rotatable bonds is 9. The van der Waals surface area contributed by atoms with Crippen LogP contribution in [0.4, 0.5) is 11.4 Å². The number of anilines is 2. The fraction of sp³-hybridized carbons (Fsp3) is 0.345. The number of amides is 1. The Kier molecular flexibility index (Phi) is 8.86. The number of sulfonamides is 2. The summed E-state index contributed by atoms with van der Waals surface area (Å²) in [6, 6.07) is 16.1. The fourth-order valence-electron chi connectivity index (χ4n) is 4.75. The number of hydrogen-bond acceptors (Lipinski definition) is 6. The first-order chi connectivity index (χ1) is 18.9. The minimum absolute atomic E-state index is 0.0480. The summed E-state index contributed by atoms with van der Waals surface area (Å²) in [5, 5.41) is 2.69. The average Bonchev–Trinajstić information content (AvgIpc) is 2.93. The van der Waals surface area contributed by atoms with E-state index in [2.05, 4.69) is 5.32 Å². The lowest BCUT2D eigenvalue weighted by molar-refractivity contribution is -0.114. The molecule has 3 aromatic rings. The summed E-state index contributed by atoms with van der Waals surface area (Å²) in [7, 11) is -6.56. The minimum atomic E-state index is -4.10. The molecule has 0 aromatic heterocycles. The van der Waals surface area contributed by atoms with E-state index >= 15 is 0 Å². The van der Waals surface area contributed by atoms with Gasteiger partial charge in [0.1, 0.15) is 17.2 Å². The van der Waals surface area contributed by atoms with Crippen molar-refractivity contribution in [3.05, 3.63) is 77.4 Å². The highest BCUT2D eigenvalue weighted by atomic mass is 32.2. The summed E-state index contributed by atoms with van der Waals surface area (Å²) in [5.74, 6) is -0.454. The van der Waals surface area contributed by atoms with E-state index in [0.717, 1.165) is 34.7 Å². The van der Waals surface area contributed by atoms with Gasteiger partial charge in [0.05, 0.1) is 17.7 Å². The molecule has 4 rings (SSSR count). The number of methoxy groups -OCH3 is 1. The largest absolute Gasteiger partial charge is 0.495 e. The Bertz CT molecular complexity index is 1600. The Balaban J connectivity index is 1.66. The lowest BCUT2D eigenvalue weighted by atomic mass is 10.1. The maximum Gasteiger partial charge on any atom is 0.264 e. The summed E-state index contributed by atoms with van der Waals surface area (Å²) in [6.45, 7) is 5.88. The van der Waals surface area contributed by atoms with Gasteiger partial charge < -0.3 is 10.1 Å². The molecule has 40 heavy (non-hydrogen) atoms. The Morgan fingerprint density at radius 1 is 0.875 bits per heavy atom. The number of hydrogen-bond donors (Lipinski definition) is 1. The van der Waals surface area contributed by atoms with Crippen molar-refractivity contribution in [3.63, 3.8) is 0 Å². The molecule has 0 atom stereocenters. The van der Waals surface area contributed by atoms with Gasteiger partial charge in [0.2, 0.25) is 15.9 Å². The second kappa shape index (κ2) is 12.0.